The topological polar surface area (TPSA) is 54.9 Å². The monoisotopic (exact) mass is 341 g/mol. The van der Waals surface area contributed by atoms with Gasteiger partial charge in [0.1, 0.15) is 5.82 Å². The molecule has 1 fully saturated rings. The zero-order valence-electron chi connectivity index (χ0n) is 10.2. The number of amides is 1. The molecule has 20 heavy (non-hydrogen) atoms. The molecule has 0 unspecified atom stereocenters. The van der Waals surface area contributed by atoms with Crippen molar-refractivity contribution in [2.75, 3.05) is 5.32 Å². The van der Waals surface area contributed by atoms with E-state index in [4.69, 9.17) is 0 Å². The Balaban J connectivity index is 1.75. The van der Waals surface area contributed by atoms with E-state index in [1.807, 2.05) is 6.07 Å². The zero-order valence-corrected chi connectivity index (χ0v) is 11.8. The standard InChI is InChI=1S/C13H10BrF2N3O/c14-7-3-6-1-2-10(18-12(6)17-5-7)19-13(20)9-4-8(9)11(15)16/h1-3,5,8-9,11H,4H2,(H,17,18,19,20)/t8-,9-/m0/s1. The average Bonchev–Trinajstić information content (AvgIpc) is 3.19. The quantitative estimate of drug-likeness (QED) is 0.932. The van der Waals surface area contributed by atoms with E-state index in [0.29, 0.717) is 11.5 Å². The Bertz CT molecular complexity index is 680. The molecule has 1 amide bonds. The number of rotatable bonds is 3. The summed E-state index contributed by atoms with van der Waals surface area (Å²) in [4.78, 5) is 20.1. The van der Waals surface area contributed by atoms with E-state index in [-0.39, 0.29) is 6.42 Å². The summed E-state index contributed by atoms with van der Waals surface area (Å²) in [5.41, 5.74) is 0.493. The first-order valence-electron chi connectivity index (χ1n) is 6.06. The van der Waals surface area contributed by atoms with Crippen LogP contribution in [0.15, 0.2) is 28.9 Å². The molecule has 4 nitrogen and oxygen atoms in total. The lowest BCUT2D eigenvalue weighted by molar-refractivity contribution is -0.118. The number of hydrogen-bond acceptors (Lipinski definition) is 3. The van der Waals surface area contributed by atoms with Crippen molar-refractivity contribution < 1.29 is 13.6 Å². The second-order valence-corrected chi connectivity index (χ2v) is 5.64. The molecule has 0 spiro atoms. The molecule has 1 aliphatic rings. The molecule has 0 saturated heterocycles. The molecule has 2 heterocycles. The van der Waals surface area contributed by atoms with Crippen molar-refractivity contribution >= 4 is 38.7 Å². The fraction of sp³-hybridized carbons (Fsp3) is 0.308. The number of anilines is 1. The molecule has 2 aromatic rings. The third-order valence-corrected chi connectivity index (χ3v) is 3.69. The summed E-state index contributed by atoms with van der Waals surface area (Å²) >= 11 is 3.31. The Morgan fingerprint density at radius 1 is 1.45 bits per heavy atom. The Morgan fingerprint density at radius 3 is 2.95 bits per heavy atom. The average molecular weight is 342 g/mol. The summed E-state index contributed by atoms with van der Waals surface area (Å²) in [6.07, 6.45) is -0.592. The second-order valence-electron chi connectivity index (χ2n) is 4.73. The van der Waals surface area contributed by atoms with Crippen LogP contribution in [0.3, 0.4) is 0 Å². The Kier molecular flexibility index (Phi) is 3.37. The van der Waals surface area contributed by atoms with Crippen LogP contribution in [0.25, 0.3) is 11.0 Å². The summed E-state index contributed by atoms with van der Waals surface area (Å²) in [6, 6.07) is 5.26. The third-order valence-electron chi connectivity index (χ3n) is 3.26. The molecule has 7 heteroatoms. The molecule has 0 bridgehead atoms. The highest BCUT2D eigenvalue weighted by atomic mass is 79.9. The maximum atomic E-state index is 12.4. The van der Waals surface area contributed by atoms with Gasteiger partial charge in [-0.1, -0.05) is 0 Å². The number of alkyl halides is 2. The summed E-state index contributed by atoms with van der Waals surface area (Å²) in [7, 11) is 0. The smallest absolute Gasteiger partial charge is 0.242 e. The molecule has 104 valence electrons. The van der Waals surface area contributed by atoms with Gasteiger partial charge in [0, 0.05) is 27.9 Å². The highest BCUT2D eigenvalue weighted by molar-refractivity contribution is 9.10. The number of pyridine rings is 2. The molecule has 0 radical (unpaired) electrons. The van der Waals surface area contributed by atoms with Gasteiger partial charge in [-0.15, -0.1) is 0 Å². The number of carbonyl (C=O) groups excluding carboxylic acids is 1. The molecule has 3 rings (SSSR count). The van der Waals surface area contributed by atoms with E-state index in [9.17, 15) is 13.6 Å². The van der Waals surface area contributed by atoms with Gasteiger partial charge in [-0.3, -0.25) is 4.79 Å². The number of carbonyl (C=O) groups is 1. The van der Waals surface area contributed by atoms with E-state index < -0.39 is 24.2 Å². The number of hydrogen-bond donors (Lipinski definition) is 1. The summed E-state index contributed by atoms with van der Waals surface area (Å²) in [5.74, 6) is -1.49. The maximum absolute atomic E-state index is 12.4. The van der Waals surface area contributed by atoms with Crippen molar-refractivity contribution in [1.29, 1.82) is 0 Å². The fourth-order valence-electron chi connectivity index (χ4n) is 2.07. The van der Waals surface area contributed by atoms with Gasteiger partial charge in [-0.05, 0) is 40.5 Å². The van der Waals surface area contributed by atoms with Crippen LogP contribution in [0.5, 0.6) is 0 Å². The predicted molar refractivity (Wildman–Crippen MR) is 73.5 cm³/mol. The van der Waals surface area contributed by atoms with Gasteiger partial charge < -0.3 is 5.32 Å². The summed E-state index contributed by atoms with van der Waals surface area (Å²) in [6.45, 7) is 0. The van der Waals surface area contributed by atoms with Gasteiger partial charge in [0.25, 0.3) is 0 Å². The number of fused-ring (bicyclic) bond motifs is 1. The minimum Gasteiger partial charge on any atom is -0.310 e. The van der Waals surface area contributed by atoms with Crippen molar-refractivity contribution in [3.05, 3.63) is 28.9 Å². The molecular formula is C13H10BrF2N3O. The highest BCUT2D eigenvalue weighted by Crippen LogP contribution is 2.43. The second kappa shape index (κ2) is 5.05. The van der Waals surface area contributed by atoms with E-state index in [1.54, 1.807) is 18.3 Å². The van der Waals surface area contributed by atoms with Crippen LogP contribution in [0, 0.1) is 11.8 Å². The minimum atomic E-state index is -2.44. The van der Waals surface area contributed by atoms with Crippen LogP contribution in [-0.2, 0) is 4.79 Å². The number of halogens is 3. The van der Waals surface area contributed by atoms with Crippen LogP contribution in [0.2, 0.25) is 0 Å². The Labute approximate surface area is 121 Å². The molecule has 2 atom stereocenters. The first kappa shape index (κ1) is 13.4. The first-order chi connectivity index (χ1) is 9.54. The van der Waals surface area contributed by atoms with Crippen molar-refractivity contribution in [3.8, 4) is 0 Å². The van der Waals surface area contributed by atoms with Gasteiger partial charge in [0.05, 0.1) is 0 Å². The first-order valence-corrected chi connectivity index (χ1v) is 6.85. The lowest BCUT2D eigenvalue weighted by Crippen LogP contribution is -2.17. The number of aromatic nitrogens is 2. The van der Waals surface area contributed by atoms with Crippen molar-refractivity contribution in [2.24, 2.45) is 11.8 Å². The number of nitrogens with zero attached hydrogens (tertiary/aromatic N) is 2. The molecular weight excluding hydrogens is 332 g/mol. The minimum absolute atomic E-state index is 0.238. The normalized spacial score (nSPS) is 21.2. The van der Waals surface area contributed by atoms with Crippen LogP contribution < -0.4 is 5.32 Å². The maximum Gasteiger partial charge on any atom is 0.242 e. The predicted octanol–water partition coefficient (Wildman–Crippen LogP) is 3.23. The Morgan fingerprint density at radius 2 is 2.25 bits per heavy atom. The van der Waals surface area contributed by atoms with Gasteiger partial charge in [0.2, 0.25) is 12.3 Å². The van der Waals surface area contributed by atoms with Crippen LogP contribution >= 0.6 is 15.9 Å². The highest BCUT2D eigenvalue weighted by Gasteiger charge is 2.48. The van der Waals surface area contributed by atoms with E-state index >= 15 is 0 Å². The lowest BCUT2D eigenvalue weighted by Gasteiger charge is -2.05. The SMILES string of the molecule is O=C(Nc1ccc2cc(Br)cnc2n1)[C@H]1C[C@@H]1C(F)F. The largest absolute Gasteiger partial charge is 0.310 e. The van der Waals surface area contributed by atoms with Gasteiger partial charge in [0.15, 0.2) is 5.65 Å². The van der Waals surface area contributed by atoms with Gasteiger partial charge >= 0.3 is 0 Å². The van der Waals surface area contributed by atoms with E-state index in [0.717, 1.165) is 9.86 Å². The summed E-state index contributed by atoms with van der Waals surface area (Å²) < 4.78 is 25.6. The van der Waals surface area contributed by atoms with Gasteiger partial charge in [-0.25, -0.2) is 18.7 Å². The van der Waals surface area contributed by atoms with Crippen LogP contribution in [-0.4, -0.2) is 22.3 Å². The molecule has 1 saturated carbocycles. The molecule has 0 aliphatic heterocycles. The van der Waals surface area contributed by atoms with Gasteiger partial charge in [-0.2, -0.15) is 0 Å². The van der Waals surface area contributed by atoms with Crippen molar-refractivity contribution in [3.63, 3.8) is 0 Å². The van der Waals surface area contributed by atoms with Crippen molar-refractivity contribution in [1.82, 2.24) is 9.97 Å². The molecule has 1 aliphatic carbocycles. The third kappa shape index (κ3) is 2.63. The van der Waals surface area contributed by atoms with Crippen molar-refractivity contribution in [2.45, 2.75) is 12.8 Å². The van der Waals surface area contributed by atoms with Crippen LogP contribution in [0.1, 0.15) is 6.42 Å². The number of nitrogens with one attached hydrogen (secondary N) is 1. The van der Waals surface area contributed by atoms with E-state index in [1.165, 1.54) is 0 Å². The van der Waals surface area contributed by atoms with Crippen LogP contribution in [0.4, 0.5) is 14.6 Å². The molecule has 1 N–H and O–H groups in total. The lowest BCUT2D eigenvalue weighted by atomic mass is 10.3. The zero-order chi connectivity index (χ0) is 14.3. The summed E-state index contributed by atoms with van der Waals surface area (Å²) in [5, 5.41) is 3.39. The van der Waals surface area contributed by atoms with E-state index in [2.05, 4.69) is 31.2 Å². The Hall–Kier alpha value is -1.63. The fourth-order valence-corrected chi connectivity index (χ4v) is 2.42. The molecule has 2 aromatic heterocycles. The molecule has 0 aromatic carbocycles.